The van der Waals surface area contributed by atoms with Crippen LogP contribution in [0.4, 0.5) is 5.69 Å². The monoisotopic (exact) mass is 317 g/mol. The van der Waals surface area contributed by atoms with Crippen LogP contribution in [-0.2, 0) is 14.8 Å². The summed E-state index contributed by atoms with van der Waals surface area (Å²) in [7, 11) is -3.75. The number of anilines is 1. The first-order valence-electron chi connectivity index (χ1n) is 6.14. The second-order valence-corrected chi connectivity index (χ2v) is 6.94. The maximum atomic E-state index is 12.2. The molecule has 0 bridgehead atoms. The van der Waals surface area contributed by atoms with E-state index in [0.29, 0.717) is 18.5 Å². The van der Waals surface area contributed by atoms with Gasteiger partial charge < -0.3 is 11.1 Å². The van der Waals surface area contributed by atoms with Crippen molar-refractivity contribution in [2.45, 2.75) is 30.7 Å². The smallest absolute Gasteiger partial charge is 0.242 e. The number of nitrogens with one attached hydrogen (secondary N) is 2. The highest BCUT2D eigenvalue weighted by Crippen LogP contribution is 2.26. The lowest BCUT2D eigenvalue weighted by atomic mass is 10.2. The van der Waals surface area contributed by atoms with Gasteiger partial charge in [0, 0.05) is 24.7 Å². The summed E-state index contributed by atoms with van der Waals surface area (Å²) < 4.78 is 26.8. The van der Waals surface area contributed by atoms with E-state index in [1.165, 1.54) is 12.1 Å². The van der Waals surface area contributed by atoms with Crippen molar-refractivity contribution in [3.8, 4) is 0 Å². The molecule has 1 aromatic rings. The predicted molar refractivity (Wildman–Crippen MR) is 77.0 cm³/mol. The highest BCUT2D eigenvalue weighted by atomic mass is 35.5. The Kier molecular flexibility index (Phi) is 4.22. The molecular formula is C12H16ClN3O3S. The lowest BCUT2D eigenvalue weighted by molar-refractivity contribution is -0.119. The second kappa shape index (κ2) is 5.59. The first-order valence-corrected chi connectivity index (χ1v) is 8.00. The lowest BCUT2D eigenvalue weighted by Crippen LogP contribution is -2.38. The minimum Gasteiger partial charge on any atom is -0.398 e. The second-order valence-electron chi connectivity index (χ2n) is 4.79. The maximum Gasteiger partial charge on any atom is 0.242 e. The van der Waals surface area contributed by atoms with Crippen LogP contribution in [0, 0.1) is 6.92 Å². The molecule has 1 heterocycles. The zero-order valence-electron chi connectivity index (χ0n) is 10.9. The molecule has 4 N–H and O–H groups in total. The van der Waals surface area contributed by atoms with Crippen LogP contribution in [0.5, 0.6) is 0 Å². The van der Waals surface area contributed by atoms with Crippen LogP contribution < -0.4 is 15.8 Å². The Morgan fingerprint density at radius 2 is 2.20 bits per heavy atom. The Morgan fingerprint density at radius 3 is 2.80 bits per heavy atom. The predicted octanol–water partition coefficient (Wildman–Crippen LogP) is 0.788. The summed E-state index contributed by atoms with van der Waals surface area (Å²) >= 11 is 5.96. The van der Waals surface area contributed by atoms with Gasteiger partial charge in [0.05, 0.1) is 5.02 Å². The first kappa shape index (κ1) is 15.1. The minimum atomic E-state index is -3.75. The third kappa shape index (κ3) is 3.23. The number of halogens is 1. The molecule has 1 atom stereocenters. The SMILES string of the molecule is Cc1cc(Cl)c(S(=O)(=O)NCC2CCC(=O)N2)cc1N. The number of benzene rings is 1. The van der Waals surface area contributed by atoms with Gasteiger partial charge in [-0.1, -0.05) is 11.6 Å². The topological polar surface area (TPSA) is 101 Å². The average molecular weight is 318 g/mol. The Balaban J connectivity index is 2.14. The number of hydrogen-bond acceptors (Lipinski definition) is 4. The fraction of sp³-hybridized carbons (Fsp3) is 0.417. The summed E-state index contributed by atoms with van der Waals surface area (Å²) in [6.07, 6.45) is 1.04. The van der Waals surface area contributed by atoms with Crippen molar-refractivity contribution in [2.24, 2.45) is 0 Å². The summed E-state index contributed by atoms with van der Waals surface area (Å²) in [4.78, 5) is 11.0. The number of nitrogens with two attached hydrogens (primary N) is 1. The van der Waals surface area contributed by atoms with E-state index in [1.807, 2.05) is 0 Å². The molecule has 1 aliphatic rings. The fourth-order valence-corrected chi connectivity index (χ4v) is 3.69. The number of carbonyl (C=O) groups is 1. The van der Waals surface area contributed by atoms with Gasteiger partial charge in [-0.25, -0.2) is 13.1 Å². The van der Waals surface area contributed by atoms with E-state index in [9.17, 15) is 13.2 Å². The number of nitrogen functional groups attached to an aromatic ring is 1. The Morgan fingerprint density at radius 1 is 1.50 bits per heavy atom. The van der Waals surface area contributed by atoms with Crippen molar-refractivity contribution in [1.29, 1.82) is 0 Å². The number of aryl methyl sites for hydroxylation is 1. The molecule has 1 saturated heterocycles. The molecule has 0 saturated carbocycles. The highest BCUT2D eigenvalue weighted by Gasteiger charge is 2.24. The molecule has 110 valence electrons. The van der Waals surface area contributed by atoms with Crippen molar-refractivity contribution < 1.29 is 13.2 Å². The highest BCUT2D eigenvalue weighted by molar-refractivity contribution is 7.89. The number of rotatable bonds is 4. The average Bonchev–Trinajstić information content (AvgIpc) is 2.77. The van der Waals surface area contributed by atoms with Crippen LogP contribution in [0.25, 0.3) is 0 Å². The number of amides is 1. The fourth-order valence-electron chi connectivity index (χ4n) is 1.99. The third-order valence-electron chi connectivity index (χ3n) is 3.21. The van der Waals surface area contributed by atoms with E-state index in [0.717, 1.165) is 5.56 Å². The van der Waals surface area contributed by atoms with Crippen LogP contribution in [0.15, 0.2) is 17.0 Å². The maximum absolute atomic E-state index is 12.2. The van der Waals surface area contributed by atoms with E-state index in [2.05, 4.69) is 10.0 Å². The Bertz CT molecular complexity index is 646. The standard InChI is InChI=1S/C12H16ClN3O3S/c1-7-4-9(13)11(5-10(7)14)20(18,19)15-6-8-2-3-12(17)16-8/h4-5,8,15H,2-3,6,14H2,1H3,(H,16,17). The Labute approximate surface area is 122 Å². The molecule has 20 heavy (non-hydrogen) atoms. The summed E-state index contributed by atoms with van der Waals surface area (Å²) in [5, 5.41) is 2.81. The van der Waals surface area contributed by atoms with Gasteiger partial charge in [-0.05, 0) is 31.0 Å². The zero-order chi connectivity index (χ0) is 14.9. The third-order valence-corrected chi connectivity index (χ3v) is 5.10. The largest absolute Gasteiger partial charge is 0.398 e. The molecular weight excluding hydrogens is 302 g/mol. The zero-order valence-corrected chi connectivity index (χ0v) is 12.5. The van der Waals surface area contributed by atoms with Gasteiger partial charge in [0.2, 0.25) is 15.9 Å². The van der Waals surface area contributed by atoms with Crippen LogP contribution in [0.1, 0.15) is 18.4 Å². The molecule has 8 heteroatoms. The number of carbonyl (C=O) groups excluding carboxylic acids is 1. The number of sulfonamides is 1. The van der Waals surface area contributed by atoms with Crippen molar-refractivity contribution in [3.63, 3.8) is 0 Å². The van der Waals surface area contributed by atoms with Crippen LogP contribution in [0.2, 0.25) is 5.02 Å². The van der Waals surface area contributed by atoms with E-state index < -0.39 is 10.0 Å². The van der Waals surface area contributed by atoms with Gasteiger partial charge in [-0.3, -0.25) is 4.79 Å². The minimum absolute atomic E-state index is 0.0495. The van der Waals surface area contributed by atoms with E-state index in [-0.39, 0.29) is 28.4 Å². The van der Waals surface area contributed by atoms with Crippen LogP contribution in [0.3, 0.4) is 0 Å². The molecule has 1 amide bonds. The summed E-state index contributed by atoms with van der Waals surface area (Å²) in [5.41, 5.74) is 6.80. The van der Waals surface area contributed by atoms with E-state index >= 15 is 0 Å². The molecule has 0 aliphatic carbocycles. The molecule has 1 aliphatic heterocycles. The molecule has 6 nitrogen and oxygen atoms in total. The van der Waals surface area contributed by atoms with Gasteiger partial charge in [0.25, 0.3) is 0 Å². The van der Waals surface area contributed by atoms with Gasteiger partial charge in [0.1, 0.15) is 4.90 Å². The lowest BCUT2D eigenvalue weighted by Gasteiger charge is -2.13. The molecule has 0 radical (unpaired) electrons. The molecule has 1 unspecified atom stereocenters. The van der Waals surface area contributed by atoms with Crippen LogP contribution >= 0.6 is 11.6 Å². The normalized spacial score (nSPS) is 19.1. The molecule has 2 rings (SSSR count). The van der Waals surface area contributed by atoms with Gasteiger partial charge in [-0.2, -0.15) is 0 Å². The van der Waals surface area contributed by atoms with Gasteiger partial charge >= 0.3 is 0 Å². The summed E-state index contributed by atoms with van der Waals surface area (Å²) in [5.74, 6) is -0.0631. The van der Waals surface area contributed by atoms with Crippen molar-refractivity contribution in [2.75, 3.05) is 12.3 Å². The number of hydrogen-bond donors (Lipinski definition) is 3. The van der Waals surface area contributed by atoms with Crippen molar-refractivity contribution in [3.05, 3.63) is 22.7 Å². The molecule has 0 aromatic heterocycles. The molecule has 1 fully saturated rings. The Hall–Kier alpha value is -1.31. The summed E-state index contributed by atoms with van der Waals surface area (Å²) in [6.45, 7) is 1.89. The van der Waals surface area contributed by atoms with E-state index in [1.54, 1.807) is 6.92 Å². The van der Waals surface area contributed by atoms with Gasteiger partial charge in [0.15, 0.2) is 0 Å². The van der Waals surface area contributed by atoms with Crippen LogP contribution in [-0.4, -0.2) is 26.9 Å². The van der Waals surface area contributed by atoms with E-state index in [4.69, 9.17) is 17.3 Å². The molecule has 1 aromatic carbocycles. The molecule has 0 spiro atoms. The van der Waals surface area contributed by atoms with Gasteiger partial charge in [-0.15, -0.1) is 0 Å². The van der Waals surface area contributed by atoms with Crippen molar-refractivity contribution >= 4 is 33.2 Å². The summed E-state index contributed by atoms with van der Waals surface area (Å²) in [6, 6.07) is 2.68. The first-order chi connectivity index (χ1) is 9.29. The van der Waals surface area contributed by atoms with Crippen molar-refractivity contribution in [1.82, 2.24) is 10.0 Å². The quantitative estimate of drug-likeness (QED) is 0.714.